The zero-order chi connectivity index (χ0) is 13.0. The summed E-state index contributed by atoms with van der Waals surface area (Å²) in [5.74, 6) is -0.328. The smallest absolute Gasteiger partial charge is 0.124 e. The minimum absolute atomic E-state index is 0.328. The maximum atomic E-state index is 13.3. The number of hydrogen-bond donors (Lipinski definition) is 1. The number of nitrogens with one attached hydrogen (secondary N) is 1. The van der Waals surface area contributed by atoms with Gasteiger partial charge in [0.2, 0.25) is 0 Å². The highest BCUT2D eigenvalue weighted by Crippen LogP contribution is 2.15. The van der Waals surface area contributed by atoms with Crippen LogP contribution in [-0.2, 0) is 6.54 Å². The van der Waals surface area contributed by atoms with Gasteiger partial charge >= 0.3 is 0 Å². The highest BCUT2D eigenvalue weighted by molar-refractivity contribution is 5.33. The van der Waals surface area contributed by atoms with Crippen LogP contribution in [0.2, 0.25) is 0 Å². The van der Waals surface area contributed by atoms with Crippen molar-refractivity contribution in [2.45, 2.75) is 25.4 Å². The van der Waals surface area contributed by atoms with Crippen LogP contribution < -0.4 is 5.32 Å². The molecular formula is C14H18FN3. The van der Waals surface area contributed by atoms with Gasteiger partial charge in [-0.05, 0) is 50.2 Å². The van der Waals surface area contributed by atoms with E-state index in [0.29, 0.717) is 18.2 Å². The number of piperidine rings is 1. The van der Waals surface area contributed by atoms with Crippen molar-refractivity contribution >= 4 is 0 Å². The molecule has 0 aliphatic carbocycles. The second kappa shape index (κ2) is 5.94. The molecule has 1 aliphatic heterocycles. The lowest BCUT2D eigenvalue weighted by Gasteiger charge is -2.32. The molecule has 1 N–H and O–H groups in total. The van der Waals surface area contributed by atoms with E-state index in [9.17, 15) is 4.39 Å². The molecule has 3 nitrogen and oxygen atoms in total. The quantitative estimate of drug-likeness (QED) is 0.886. The summed E-state index contributed by atoms with van der Waals surface area (Å²) < 4.78 is 13.3. The van der Waals surface area contributed by atoms with Gasteiger partial charge in [0, 0.05) is 19.1 Å². The lowest BCUT2D eigenvalue weighted by atomic mass is 10.0. The third kappa shape index (κ3) is 3.28. The normalized spacial score (nSPS) is 20.6. The van der Waals surface area contributed by atoms with E-state index < -0.39 is 0 Å². The maximum absolute atomic E-state index is 13.3. The molecule has 1 unspecified atom stereocenters. The van der Waals surface area contributed by atoms with Gasteiger partial charge in [0.15, 0.2) is 0 Å². The predicted octanol–water partition coefficient (Wildman–Crippen LogP) is 1.88. The third-order valence-corrected chi connectivity index (χ3v) is 3.41. The average Bonchev–Trinajstić information content (AvgIpc) is 2.38. The van der Waals surface area contributed by atoms with E-state index in [-0.39, 0.29) is 5.82 Å². The van der Waals surface area contributed by atoms with Crippen molar-refractivity contribution in [3.05, 3.63) is 35.1 Å². The number of hydrogen-bond acceptors (Lipinski definition) is 3. The lowest BCUT2D eigenvalue weighted by Crippen LogP contribution is -2.43. The molecule has 0 radical (unpaired) electrons. The van der Waals surface area contributed by atoms with Gasteiger partial charge in [-0.3, -0.25) is 4.90 Å². The van der Waals surface area contributed by atoms with Crippen molar-refractivity contribution in [2.75, 3.05) is 20.1 Å². The van der Waals surface area contributed by atoms with Crippen LogP contribution in [0.25, 0.3) is 0 Å². The molecule has 0 saturated carbocycles. The summed E-state index contributed by atoms with van der Waals surface area (Å²) in [5, 5.41) is 12.1. The fourth-order valence-electron chi connectivity index (χ4n) is 2.50. The van der Waals surface area contributed by atoms with Gasteiger partial charge in [0.25, 0.3) is 0 Å². The molecule has 0 bridgehead atoms. The first-order valence-corrected chi connectivity index (χ1v) is 6.30. The van der Waals surface area contributed by atoms with Crippen molar-refractivity contribution in [2.24, 2.45) is 0 Å². The maximum Gasteiger partial charge on any atom is 0.124 e. The zero-order valence-corrected chi connectivity index (χ0v) is 10.6. The number of rotatable bonds is 3. The summed E-state index contributed by atoms with van der Waals surface area (Å²) >= 11 is 0. The monoisotopic (exact) mass is 247 g/mol. The summed E-state index contributed by atoms with van der Waals surface area (Å²) in [6.45, 7) is 2.73. The molecule has 2 rings (SSSR count). The zero-order valence-electron chi connectivity index (χ0n) is 10.6. The standard InChI is InChI=1S/C14H18FN3/c1-17-14-3-2-4-18(10-14)9-12-5-11(8-16)6-13(15)7-12/h5-7,14,17H,2-4,9-10H2,1H3. The van der Waals surface area contributed by atoms with Gasteiger partial charge < -0.3 is 5.32 Å². The second-order valence-electron chi connectivity index (χ2n) is 4.82. The van der Waals surface area contributed by atoms with Gasteiger partial charge in [0.05, 0.1) is 11.6 Å². The first kappa shape index (κ1) is 13.0. The van der Waals surface area contributed by atoms with Crippen LogP contribution in [0, 0.1) is 17.1 Å². The van der Waals surface area contributed by atoms with Gasteiger partial charge in [-0.15, -0.1) is 0 Å². The molecule has 4 heteroatoms. The molecule has 96 valence electrons. The van der Waals surface area contributed by atoms with Crippen LogP contribution in [0.3, 0.4) is 0 Å². The van der Waals surface area contributed by atoms with Gasteiger partial charge in [-0.25, -0.2) is 4.39 Å². The lowest BCUT2D eigenvalue weighted by molar-refractivity contribution is 0.188. The molecule has 0 spiro atoms. The predicted molar refractivity (Wildman–Crippen MR) is 68.5 cm³/mol. The molecule has 1 aliphatic rings. The number of likely N-dealkylation sites (N-methyl/N-ethyl adjacent to an activating group) is 1. The van der Waals surface area contributed by atoms with Crippen molar-refractivity contribution < 1.29 is 4.39 Å². The Morgan fingerprint density at radius 3 is 3.06 bits per heavy atom. The summed E-state index contributed by atoms with van der Waals surface area (Å²) in [6, 6.07) is 7.07. The first-order chi connectivity index (χ1) is 8.71. The first-order valence-electron chi connectivity index (χ1n) is 6.30. The number of halogens is 1. The van der Waals surface area contributed by atoms with E-state index in [1.165, 1.54) is 18.6 Å². The summed E-state index contributed by atoms with van der Waals surface area (Å²) in [6.07, 6.45) is 2.35. The summed E-state index contributed by atoms with van der Waals surface area (Å²) in [7, 11) is 1.98. The van der Waals surface area contributed by atoms with Gasteiger partial charge in [0.1, 0.15) is 5.82 Å². The molecule has 1 atom stereocenters. The van der Waals surface area contributed by atoms with Gasteiger partial charge in [-0.2, -0.15) is 5.26 Å². The Morgan fingerprint density at radius 2 is 2.33 bits per heavy atom. The minimum atomic E-state index is -0.328. The molecule has 1 aromatic carbocycles. The van der Waals surface area contributed by atoms with Crippen molar-refractivity contribution in [1.82, 2.24) is 10.2 Å². The number of nitrogens with zero attached hydrogens (tertiary/aromatic N) is 2. The molecule has 1 aromatic rings. The molecule has 1 saturated heterocycles. The molecular weight excluding hydrogens is 229 g/mol. The van der Waals surface area contributed by atoms with E-state index in [0.717, 1.165) is 25.1 Å². The Labute approximate surface area is 107 Å². The highest BCUT2D eigenvalue weighted by atomic mass is 19.1. The molecule has 0 aromatic heterocycles. The summed E-state index contributed by atoms with van der Waals surface area (Å²) in [4.78, 5) is 2.31. The van der Waals surface area contributed by atoms with Crippen molar-refractivity contribution in [3.63, 3.8) is 0 Å². The van der Waals surface area contributed by atoms with Crippen LogP contribution >= 0.6 is 0 Å². The fraction of sp³-hybridized carbons (Fsp3) is 0.500. The van der Waals surface area contributed by atoms with Crippen LogP contribution in [0.1, 0.15) is 24.0 Å². The Bertz CT molecular complexity index is 453. The van der Waals surface area contributed by atoms with Crippen LogP contribution in [-0.4, -0.2) is 31.1 Å². The van der Waals surface area contributed by atoms with E-state index >= 15 is 0 Å². The fourth-order valence-corrected chi connectivity index (χ4v) is 2.50. The summed E-state index contributed by atoms with van der Waals surface area (Å²) in [5.41, 5.74) is 1.27. The van der Waals surface area contributed by atoms with Crippen LogP contribution in [0.4, 0.5) is 4.39 Å². The Kier molecular flexibility index (Phi) is 4.29. The number of likely N-dealkylation sites (tertiary alicyclic amines) is 1. The van der Waals surface area contributed by atoms with E-state index in [1.807, 2.05) is 13.1 Å². The largest absolute Gasteiger partial charge is 0.316 e. The molecule has 0 amide bonds. The molecule has 1 fully saturated rings. The van der Waals surface area contributed by atoms with Crippen molar-refractivity contribution in [1.29, 1.82) is 5.26 Å². The molecule has 18 heavy (non-hydrogen) atoms. The van der Waals surface area contributed by atoms with Crippen molar-refractivity contribution in [3.8, 4) is 6.07 Å². The Hall–Kier alpha value is -1.44. The van der Waals surface area contributed by atoms with Crippen LogP contribution in [0.15, 0.2) is 18.2 Å². The van der Waals surface area contributed by atoms with Crippen LogP contribution in [0.5, 0.6) is 0 Å². The molecule has 1 heterocycles. The topological polar surface area (TPSA) is 39.1 Å². The average molecular weight is 247 g/mol. The number of nitriles is 1. The third-order valence-electron chi connectivity index (χ3n) is 3.41. The highest BCUT2D eigenvalue weighted by Gasteiger charge is 2.18. The minimum Gasteiger partial charge on any atom is -0.316 e. The Morgan fingerprint density at radius 1 is 1.50 bits per heavy atom. The SMILES string of the molecule is CNC1CCCN(Cc2cc(F)cc(C#N)c2)C1. The van der Waals surface area contributed by atoms with E-state index in [4.69, 9.17) is 5.26 Å². The van der Waals surface area contributed by atoms with E-state index in [1.54, 1.807) is 6.07 Å². The second-order valence-corrected chi connectivity index (χ2v) is 4.82. The number of benzene rings is 1. The van der Waals surface area contributed by atoms with E-state index in [2.05, 4.69) is 10.2 Å². The Balaban J connectivity index is 2.05. The van der Waals surface area contributed by atoms with Gasteiger partial charge in [-0.1, -0.05) is 0 Å².